The van der Waals surface area contributed by atoms with Crippen molar-refractivity contribution in [1.29, 1.82) is 0 Å². The Morgan fingerprint density at radius 3 is 1.98 bits per heavy atom. The molecule has 0 aliphatic heterocycles. The molecule has 5 aliphatic rings. The first-order valence-electron chi connectivity index (χ1n) is 24.4. The van der Waals surface area contributed by atoms with Gasteiger partial charge < -0.3 is 0 Å². The summed E-state index contributed by atoms with van der Waals surface area (Å²) in [5, 5.41) is 0. The Labute approximate surface area is 376 Å². The van der Waals surface area contributed by atoms with Crippen molar-refractivity contribution in [1.82, 2.24) is 0 Å². The summed E-state index contributed by atoms with van der Waals surface area (Å²) in [4.78, 5) is 39.3. The van der Waals surface area contributed by atoms with E-state index in [9.17, 15) is 14.4 Å². The average Bonchev–Trinajstić information content (AvgIpc) is 3.83. The standard InChI is InChI=1S/C43H46O3.C17H18/c44-36(24-21-30-20-22-32(26-30)31-12-4-3-5-13-31)16-6-1-2-7-19-41(45)35-23-25-40-37(28-35)42(46)29-43(40)38-17-10-8-14-33(38)27-34-15-9-11-18-39(34)43;1-3-7-14(8-4-1)17-12-11-15-9-5-2-6-10-16(15)13-17/h8-11,14-15,17-18,20,22-23,25,28,31H,1-7,12-13,16,19,21,24,26-27,29H2;1,3-4,7-8,11-13H,2,5-6,9-10H2. The zero-order valence-corrected chi connectivity index (χ0v) is 37.3. The number of carbonyl (C=O) groups excluding carboxylic acids is 3. The Kier molecular flexibility index (Phi) is 13.6. The third kappa shape index (κ3) is 9.59. The van der Waals surface area contributed by atoms with Crippen LogP contribution in [0.2, 0.25) is 0 Å². The van der Waals surface area contributed by atoms with Crippen LogP contribution in [-0.4, -0.2) is 17.3 Å². The molecule has 0 amide bonds. The number of hydrogen-bond donors (Lipinski definition) is 0. The Balaban J connectivity index is 0.000000247. The topological polar surface area (TPSA) is 51.2 Å². The van der Waals surface area contributed by atoms with Crippen LogP contribution in [0.3, 0.4) is 0 Å². The molecule has 1 fully saturated rings. The summed E-state index contributed by atoms with van der Waals surface area (Å²) in [5.74, 6) is 1.36. The van der Waals surface area contributed by atoms with Gasteiger partial charge in [0.2, 0.25) is 0 Å². The van der Waals surface area contributed by atoms with E-state index in [0.29, 0.717) is 42.6 Å². The normalized spacial score (nSPS) is 17.3. The number of Topliss-reactive ketones (excluding diaryl/α,β-unsaturated/α-hetero) is 3. The third-order valence-electron chi connectivity index (χ3n) is 15.0. The SMILES string of the molecule is O=C(CCCCCCC(=O)c1ccc2c(c1)C(=O)CC21c2ccccc2Cc2ccccc21)CCC1=CC=C(C2CCCCC2)C1.c1ccc(-c2ccc3c(c2)CCCCC3)cc1. The zero-order valence-electron chi connectivity index (χ0n) is 37.3. The number of benzene rings is 5. The molecular formula is C60H64O3. The molecule has 5 aromatic carbocycles. The van der Waals surface area contributed by atoms with Crippen LogP contribution in [0.1, 0.15) is 175 Å². The molecule has 5 aromatic rings. The first kappa shape index (κ1) is 42.9. The molecule has 1 saturated carbocycles. The number of fused-ring (bicyclic) bond motifs is 7. The summed E-state index contributed by atoms with van der Waals surface area (Å²) in [7, 11) is 0. The minimum absolute atomic E-state index is 0.100. The van der Waals surface area contributed by atoms with Gasteiger partial charge in [0, 0.05) is 36.8 Å². The molecule has 3 heteroatoms. The number of rotatable bonds is 13. The van der Waals surface area contributed by atoms with Crippen LogP contribution in [0.25, 0.3) is 11.1 Å². The second kappa shape index (κ2) is 20.0. The quantitative estimate of drug-likeness (QED) is 0.0674. The van der Waals surface area contributed by atoms with Gasteiger partial charge in [-0.1, -0.05) is 171 Å². The van der Waals surface area contributed by atoms with Gasteiger partial charge in [-0.3, -0.25) is 14.4 Å². The monoisotopic (exact) mass is 832 g/mol. The second-order valence-corrected chi connectivity index (χ2v) is 19.1. The number of carbonyl (C=O) groups is 3. The molecule has 0 heterocycles. The number of allylic oxidation sites excluding steroid dienone is 4. The fourth-order valence-corrected chi connectivity index (χ4v) is 11.5. The van der Waals surface area contributed by atoms with Gasteiger partial charge in [-0.05, 0) is 133 Å². The molecule has 1 spiro atoms. The Hall–Kier alpha value is -5.41. The highest BCUT2D eigenvalue weighted by Crippen LogP contribution is 2.53. The van der Waals surface area contributed by atoms with Crippen molar-refractivity contribution in [2.45, 2.75) is 140 Å². The lowest BCUT2D eigenvalue weighted by Crippen LogP contribution is -2.33. The van der Waals surface area contributed by atoms with E-state index in [1.54, 1.807) is 16.7 Å². The molecule has 5 aliphatic carbocycles. The molecule has 10 rings (SSSR count). The zero-order chi connectivity index (χ0) is 43.0. The predicted molar refractivity (Wildman–Crippen MR) is 258 cm³/mol. The van der Waals surface area contributed by atoms with Gasteiger partial charge in [-0.2, -0.15) is 0 Å². The van der Waals surface area contributed by atoms with E-state index in [0.717, 1.165) is 56.4 Å². The Bertz CT molecular complexity index is 2460. The van der Waals surface area contributed by atoms with Crippen molar-refractivity contribution >= 4 is 17.3 Å². The fraction of sp³-hybridized carbons (Fsp3) is 0.383. The lowest BCUT2D eigenvalue weighted by molar-refractivity contribution is -0.119. The van der Waals surface area contributed by atoms with Crippen molar-refractivity contribution in [2.75, 3.05) is 0 Å². The van der Waals surface area contributed by atoms with Crippen LogP contribution in [0, 0.1) is 5.92 Å². The molecule has 63 heavy (non-hydrogen) atoms. The average molecular weight is 833 g/mol. The van der Waals surface area contributed by atoms with Gasteiger partial charge in [0.1, 0.15) is 5.78 Å². The molecule has 0 bridgehead atoms. The minimum atomic E-state index is -0.486. The van der Waals surface area contributed by atoms with E-state index in [1.165, 1.54) is 103 Å². The number of hydrogen-bond acceptors (Lipinski definition) is 3. The van der Waals surface area contributed by atoms with E-state index >= 15 is 0 Å². The van der Waals surface area contributed by atoms with Crippen LogP contribution in [0.5, 0.6) is 0 Å². The van der Waals surface area contributed by atoms with Gasteiger partial charge in [-0.25, -0.2) is 0 Å². The fourth-order valence-electron chi connectivity index (χ4n) is 11.5. The largest absolute Gasteiger partial charge is 0.300 e. The summed E-state index contributed by atoms with van der Waals surface area (Å²) in [6.07, 6.45) is 26.7. The Morgan fingerprint density at radius 1 is 0.540 bits per heavy atom. The highest BCUT2D eigenvalue weighted by Gasteiger charge is 2.49. The van der Waals surface area contributed by atoms with Crippen molar-refractivity contribution in [2.24, 2.45) is 5.92 Å². The summed E-state index contributed by atoms with van der Waals surface area (Å²) in [6, 6.07) is 40.6. The molecule has 0 N–H and O–H groups in total. The number of aryl methyl sites for hydroxylation is 2. The summed E-state index contributed by atoms with van der Waals surface area (Å²) in [5.41, 5.74) is 15.7. The van der Waals surface area contributed by atoms with Crippen LogP contribution in [-0.2, 0) is 29.5 Å². The molecule has 0 unspecified atom stereocenters. The third-order valence-corrected chi connectivity index (χ3v) is 15.0. The van der Waals surface area contributed by atoms with E-state index in [-0.39, 0.29) is 11.6 Å². The van der Waals surface area contributed by atoms with Gasteiger partial charge >= 0.3 is 0 Å². The smallest absolute Gasteiger partial charge is 0.164 e. The van der Waals surface area contributed by atoms with Gasteiger partial charge in [0.05, 0.1) is 5.41 Å². The Morgan fingerprint density at radius 2 is 1.22 bits per heavy atom. The van der Waals surface area contributed by atoms with Crippen LogP contribution in [0.15, 0.2) is 139 Å². The first-order chi connectivity index (χ1) is 31.0. The van der Waals surface area contributed by atoms with Crippen molar-refractivity contribution in [3.8, 4) is 11.1 Å². The molecular weight excluding hydrogens is 769 g/mol. The van der Waals surface area contributed by atoms with Crippen molar-refractivity contribution in [3.05, 3.63) is 189 Å². The van der Waals surface area contributed by atoms with Gasteiger partial charge in [0.25, 0.3) is 0 Å². The van der Waals surface area contributed by atoms with Crippen LogP contribution >= 0.6 is 0 Å². The summed E-state index contributed by atoms with van der Waals surface area (Å²) >= 11 is 0. The van der Waals surface area contributed by atoms with E-state index < -0.39 is 5.41 Å². The maximum Gasteiger partial charge on any atom is 0.164 e. The lowest BCUT2D eigenvalue weighted by Gasteiger charge is -2.38. The lowest BCUT2D eigenvalue weighted by atomic mass is 9.63. The minimum Gasteiger partial charge on any atom is -0.300 e. The van der Waals surface area contributed by atoms with Crippen molar-refractivity contribution in [3.63, 3.8) is 0 Å². The number of ketones is 3. The maximum absolute atomic E-state index is 13.6. The molecule has 0 aromatic heterocycles. The van der Waals surface area contributed by atoms with E-state index in [1.807, 2.05) is 18.2 Å². The van der Waals surface area contributed by atoms with E-state index in [4.69, 9.17) is 0 Å². The summed E-state index contributed by atoms with van der Waals surface area (Å²) in [6.45, 7) is 0. The van der Waals surface area contributed by atoms with Gasteiger partial charge in [0.15, 0.2) is 11.6 Å². The molecule has 3 nitrogen and oxygen atoms in total. The maximum atomic E-state index is 13.6. The van der Waals surface area contributed by atoms with Gasteiger partial charge in [-0.15, -0.1) is 0 Å². The summed E-state index contributed by atoms with van der Waals surface area (Å²) < 4.78 is 0. The molecule has 322 valence electrons. The van der Waals surface area contributed by atoms with Crippen LogP contribution in [0.4, 0.5) is 0 Å². The van der Waals surface area contributed by atoms with Crippen LogP contribution < -0.4 is 0 Å². The molecule has 0 atom stereocenters. The molecule has 0 saturated heterocycles. The second-order valence-electron chi connectivity index (χ2n) is 19.1. The first-order valence-corrected chi connectivity index (χ1v) is 24.4. The highest BCUT2D eigenvalue weighted by molar-refractivity contribution is 6.07. The van der Waals surface area contributed by atoms with E-state index in [2.05, 4.69) is 109 Å². The number of unbranched alkanes of at least 4 members (excludes halogenated alkanes) is 3. The predicted octanol–water partition coefficient (Wildman–Crippen LogP) is 14.8. The highest BCUT2D eigenvalue weighted by atomic mass is 16.1. The van der Waals surface area contributed by atoms with Crippen molar-refractivity contribution < 1.29 is 14.4 Å². The molecule has 0 radical (unpaired) electrons.